The predicted octanol–water partition coefficient (Wildman–Crippen LogP) is 6.14. The van der Waals surface area contributed by atoms with Crippen LogP contribution >= 0.6 is 24.0 Å². The molecule has 5 rings (SSSR count). The largest absolute Gasteiger partial charge is 0.423 e. The number of rotatable bonds is 4. The molecular weight excluding hydrogens is 453 g/mol. The second kappa shape index (κ2) is 8.06. The first-order valence-electron chi connectivity index (χ1n) is 10.6. The minimum absolute atomic E-state index is 0.168. The van der Waals surface area contributed by atoms with Gasteiger partial charge in [0, 0.05) is 11.1 Å². The number of carbonyl (C=O) groups is 1. The average Bonchev–Trinajstić information content (AvgIpc) is 3.25. The molecule has 0 saturated carbocycles. The van der Waals surface area contributed by atoms with E-state index in [1.807, 2.05) is 30.3 Å². The van der Waals surface area contributed by atoms with Gasteiger partial charge in [-0.1, -0.05) is 92.1 Å². The molecule has 3 aromatic carbocycles. The molecule has 7 heteroatoms. The van der Waals surface area contributed by atoms with Crippen molar-refractivity contribution in [2.24, 2.45) is 0 Å². The number of amides is 1. The van der Waals surface area contributed by atoms with Gasteiger partial charge in [-0.05, 0) is 34.6 Å². The Morgan fingerprint density at radius 2 is 1.66 bits per heavy atom. The van der Waals surface area contributed by atoms with Crippen LogP contribution in [0.25, 0.3) is 10.8 Å². The molecule has 4 nitrogen and oxygen atoms in total. The molecule has 0 bridgehead atoms. The van der Waals surface area contributed by atoms with E-state index in [2.05, 4.69) is 60.9 Å². The zero-order valence-corrected chi connectivity index (χ0v) is 20.9. The van der Waals surface area contributed by atoms with Crippen LogP contribution in [0.1, 0.15) is 5.56 Å². The Morgan fingerprint density at radius 3 is 2.41 bits per heavy atom. The van der Waals surface area contributed by atoms with E-state index in [-0.39, 0.29) is 11.1 Å². The SMILES string of the molecule is C[Si](C)(C)CN1/C(=C2\OC(=S)N(Cc3ccccc3)C2=O)Sc2c1ccc1ccccc21. The molecule has 3 aromatic rings. The van der Waals surface area contributed by atoms with Crippen LogP contribution in [-0.4, -0.2) is 30.2 Å². The van der Waals surface area contributed by atoms with Gasteiger partial charge in [0.1, 0.15) is 5.03 Å². The number of thioether (sulfide) groups is 1. The Hall–Kier alpha value is -2.61. The number of benzene rings is 3. The quantitative estimate of drug-likeness (QED) is 0.256. The van der Waals surface area contributed by atoms with E-state index in [4.69, 9.17) is 17.0 Å². The smallest absolute Gasteiger partial charge is 0.300 e. The number of nitrogens with zero attached hydrogens (tertiary/aromatic N) is 2. The summed E-state index contributed by atoms with van der Waals surface area (Å²) < 4.78 is 5.97. The Morgan fingerprint density at radius 1 is 0.938 bits per heavy atom. The average molecular weight is 477 g/mol. The first kappa shape index (κ1) is 21.2. The lowest BCUT2D eigenvalue weighted by molar-refractivity contribution is -0.123. The van der Waals surface area contributed by atoms with E-state index in [9.17, 15) is 4.79 Å². The van der Waals surface area contributed by atoms with Crippen LogP contribution in [0.4, 0.5) is 5.69 Å². The fourth-order valence-corrected chi connectivity index (χ4v) is 6.93. The molecule has 0 unspecified atom stereocenters. The van der Waals surface area contributed by atoms with E-state index in [0.717, 1.165) is 22.4 Å². The number of hydrogen-bond acceptors (Lipinski definition) is 5. The Labute approximate surface area is 198 Å². The van der Waals surface area contributed by atoms with Crippen molar-refractivity contribution in [2.75, 3.05) is 11.1 Å². The number of carbonyl (C=O) groups excluding carboxylic acids is 1. The van der Waals surface area contributed by atoms with E-state index < -0.39 is 8.07 Å². The van der Waals surface area contributed by atoms with E-state index in [0.29, 0.717) is 12.3 Å². The molecule has 0 atom stereocenters. The lowest BCUT2D eigenvalue weighted by atomic mass is 10.1. The third kappa shape index (κ3) is 3.85. The van der Waals surface area contributed by atoms with Crippen molar-refractivity contribution in [1.29, 1.82) is 0 Å². The first-order chi connectivity index (χ1) is 15.3. The summed E-state index contributed by atoms with van der Waals surface area (Å²) in [4.78, 5) is 18.5. The highest BCUT2D eigenvalue weighted by atomic mass is 32.2. The van der Waals surface area contributed by atoms with Gasteiger partial charge in [-0.3, -0.25) is 9.69 Å². The molecule has 0 aromatic heterocycles. The maximum Gasteiger partial charge on any atom is 0.300 e. The van der Waals surface area contributed by atoms with Crippen molar-refractivity contribution in [2.45, 2.75) is 31.1 Å². The van der Waals surface area contributed by atoms with Crippen LogP contribution in [-0.2, 0) is 16.1 Å². The van der Waals surface area contributed by atoms with Crippen LogP contribution in [0.15, 0.2) is 82.4 Å². The summed E-state index contributed by atoms with van der Waals surface area (Å²) >= 11 is 7.09. The third-order valence-electron chi connectivity index (χ3n) is 5.45. The number of thiocarbonyl (C=S) groups is 1. The van der Waals surface area contributed by atoms with Crippen molar-refractivity contribution in [3.05, 3.63) is 83.1 Å². The molecule has 0 spiro atoms. The van der Waals surface area contributed by atoms with Gasteiger partial charge in [0.05, 0.1) is 20.3 Å². The highest BCUT2D eigenvalue weighted by molar-refractivity contribution is 8.04. The van der Waals surface area contributed by atoms with E-state index in [1.54, 1.807) is 16.7 Å². The number of fused-ring (bicyclic) bond motifs is 3. The van der Waals surface area contributed by atoms with Crippen LogP contribution in [0, 0.1) is 0 Å². The molecule has 0 radical (unpaired) electrons. The van der Waals surface area contributed by atoms with Crippen LogP contribution < -0.4 is 4.90 Å². The van der Waals surface area contributed by atoms with Gasteiger partial charge >= 0.3 is 0 Å². The Kier molecular flexibility index (Phi) is 5.35. The monoisotopic (exact) mass is 476 g/mol. The molecule has 1 saturated heterocycles. The number of hydrogen-bond donors (Lipinski definition) is 0. The molecule has 1 amide bonds. The van der Waals surface area contributed by atoms with Crippen molar-refractivity contribution in [1.82, 2.24) is 4.90 Å². The lowest BCUT2D eigenvalue weighted by Crippen LogP contribution is -2.39. The van der Waals surface area contributed by atoms with Crippen molar-refractivity contribution >= 4 is 59.6 Å². The molecule has 1 fully saturated rings. The van der Waals surface area contributed by atoms with E-state index >= 15 is 0 Å². The normalized spacial score (nSPS) is 18.5. The summed E-state index contributed by atoms with van der Waals surface area (Å²) in [6.07, 6.45) is 0.895. The zero-order valence-electron chi connectivity index (χ0n) is 18.3. The lowest BCUT2D eigenvalue weighted by Gasteiger charge is -2.28. The number of anilines is 1. The highest BCUT2D eigenvalue weighted by Crippen LogP contribution is 2.51. The van der Waals surface area contributed by atoms with Gasteiger partial charge < -0.3 is 9.64 Å². The third-order valence-corrected chi connectivity index (χ3v) is 8.25. The fraction of sp³-hybridized carbons (Fsp3) is 0.200. The van der Waals surface area contributed by atoms with Gasteiger partial charge in [-0.15, -0.1) is 0 Å². The zero-order chi connectivity index (χ0) is 22.5. The van der Waals surface area contributed by atoms with Crippen LogP contribution in [0.3, 0.4) is 0 Å². The minimum atomic E-state index is -1.50. The molecular formula is C25H24N2O2S2Si. The summed E-state index contributed by atoms with van der Waals surface area (Å²) in [5.41, 5.74) is 2.16. The summed E-state index contributed by atoms with van der Waals surface area (Å²) in [6.45, 7) is 7.41. The Bertz CT molecular complexity index is 1270. The molecule has 2 heterocycles. The summed E-state index contributed by atoms with van der Waals surface area (Å²) in [6, 6.07) is 22.6. The number of ether oxygens (including phenoxy) is 1. The van der Waals surface area contributed by atoms with Crippen LogP contribution in [0.2, 0.25) is 19.6 Å². The summed E-state index contributed by atoms with van der Waals surface area (Å²) in [7, 11) is -1.50. The molecule has 162 valence electrons. The summed E-state index contributed by atoms with van der Waals surface area (Å²) in [5.74, 6) is 0.175. The second-order valence-electron chi connectivity index (χ2n) is 9.26. The maximum atomic E-state index is 13.5. The van der Waals surface area contributed by atoms with Gasteiger partial charge in [0.2, 0.25) is 5.76 Å². The van der Waals surface area contributed by atoms with Gasteiger partial charge in [0.25, 0.3) is 11.1 Å². The summed E-state index contributed by atoms with van der Waals surface area (Å²) in [5, 5.41) is 3.45. The van der Waals surface area contributed by atoms with Gasteiger partial charge in [-0.25, -0.2) is 0 Å². The standard InChI is InChI=1S/C25H24N2O2S2Si/c1-32(2,3)16-27-20-14-13-18-11-7-8-12-19(18)22(20)31-24(27)21-23(28)26(25(30)29-21)15-17-9-5-4-6-10-17/h4-14H,15-16H2,1-3H3/b24-21+. The predicted molar refractivity (Wildman–Crippen MR) is 138 cm³/mol. The molecule has 32 heavy (non-hydrogen) atoms. The van der Waals surface area contributed by atoms with Gasteiger partial charge in [0.15, 0.2) is 0 Å². The highest BCUT2D eigenvalue weighted by Gasteiger charge is 2.41. The molecule has 0 N–H and O–H groups in total. The first-order valence-corrected chi connectivity index (χ1v) is 15.5. The topological polar surface area (TPSA) is 32.8 Å². The second-order valence-corrected chi connectivity index (χ2v) is 16.0. The van der Waals surface area contributed by atoms with Crippen LogP contribution in [0.5, 0.6) is 0 Å². The van der Waals surface area contributed by atoms with Crippen molar-refractivity contribution in [3.63, 3.8) is 0 Å². The molecule has 2 aliphatic heterocycles. The van der Waals surface area contributed by atoms with E-state index in [1.165, 1.54) is 15.7 Å². The molecule has 2 aliphatic rings. The fourth-order valence-electron chi connectivity index (χ4n) is 4.04. The minimum Gasteiger partial charge on any atom is -0.423 e. The van der Waals surface area contributed by atoms with Crippen molar-refractivity contribution < 1.29 is 9.53 Å². The molecule has 0 aliphatic carbocycles. The maximum absolute atomic E-state index is 13.5. The van der Waals surface area contributed by atoms with Crippen molar-refractivity contribution in [3.8, 4) is 0 Å². The Balaban J connectivity index is 1.58. The van der Waals surface area contributed by atoms with Gasteiger partial charge in [-0.2, -0.15) is 0 Å².